The molecule has 5 heavy (non-hydrogen) atoms. The van der Waals surface area contributed by atoms with E-state index in [9.17, 15) is 4.39 Å². The molecule has 0 aliphatic rings. The molecule has 0 saturated heterocycles. The molecule has 0 bridgehead atoms. The minimum absolute atomic E-state index is 0.525. The summed E-state index contributed by atoms with van der Waals surface area (Å²) in [6.07, 6.45) is -0.525. The fraction of sp³-hybridized carbons (Fsp3) is 1.00. The number of halogens is 3. The summed E-state index contributed by atoms with van der Waals surface area (Å²) in [5.74, 6) is 0. The van der Waals surface area contributed by atoms with Crippen LogP contribution in [0.3, 0.4) is 0 Å². The lowest BCUT2D eigenvalue weighted by atomic mass is 11.8. The van der Waals surface area contributed by atoms with Crippen molar-refractivity contribution in [1.29, 1.82) is 0 Å². The van der Waals surface area contributed by atoms with Crippen LogP contribution < -0.4 is 0 Å². The molecule has 0 aliphatic carbocycles. The highest BCUT2D eigenvalue weighted by Crippen LogP contribution is 1.93. The predicted molar refractivity (Wildman–Crippen MR) is 24.8 cm³/mol. The molecule has 0 aliphatic heterocycles. The van der Waals surface area contributed by atoms with Gasteiger partial charge in [-0.2, -0.15) is 0 Å². The lowest BCUT2D eigenvalue weighted by Gasteiger charge is -1.77. The van der Waals surface area contributed by atoms with Gasteiger partial charge in [0.1, 0.15) is 6.30 Å². The standard InChI is InChI=1S/CH3Cl2FSi/c2-5(3)1-4/h5H,1H2. The topological polar surface area (TPSA) is 0 Å². The zero-order valence-corrected chi connectivity index (χ0v) is 5.08. The van der Waals surface area contributed by atoms with Gasteiger partial charge >= 0.3 is 0 Å². The highest BCUT2D eigenvalue weighted by atomic mass is 35.7. The quantitative estimate of drug-likeness (QED) is 0.372. The Morgan fingerprint density at radius 1 is 1.60 bits per heavy atom. The van der Waals surface area contributed by atoms with E-state index < -0.39 is 13.7 Å². The van der Waals surface area contributed by atoms with Gasteiger partial charge in [0.15, 0.2) is 0 Å². The average molecular weight is 133 g/mol. The zero-order chi connectivity index (χ0) is 4.28. The average Bonchev–Trinajstić information content (AvgIpc) is 1.38. The van der Waals surface area contributed by atoms with Crippen LogP contribution in [0.1, 0.15) is 0 Å². The fourth-order valence-electron chi connectivity index (χ4n) is 0. The van der Waals surface area contributed by atoms with Crippen LogP contribution in [-0.4, -0.2) is 13.7 Å². The van der Waals surface area contributed by atoms with Gasteiger partial charge in [-0.3, -0.25) is 4.39 Å². The Kier molecular flexibility index (Phi) is 3.37. The molecule has 0 spiro atoms. The number of hydrogen-bond donors (Lipinski definition) is 0. The van der Waals surface area contributed by atoms with Crippen molar-refractivity contribution in [2.75, 3.05) is 6.30 Å². The summed E-state index contributed by atoms with van der Waals surface area (Å²) in [7, 11) is -1.87. The van der Waals surface area contributed by atoms with Gasteiger partial charge in [0.2, 0.25) is 0 Å². The molecule has 0 nitrogen and oxygen atoms in total. The minimum Gasteiger partial charge on any atom is -0.252 e. The highest BCUT2D eigenvalue weighted by molar-refractivity contribution is 7.33. The van der Waals surface area contributed by atoms with E-state index in [4.69, 9.17) is 22.2 Å². The SMILES string of the molecule is FC[SiH](Cl)Cl. The first-order valence-electron chi connectivity index (χ1n) is 1.11. The van der Waals surface area contributed by atoms with E-state index in [1.165, 1.54) is 0 Å². The van der Waals surface area contributed by atoms with Gasteiger partial charge in [0.05, 0.1) is 0 Å². The maximum Gasteiger partial charge on any atom is 0.266 e. The molecule has 0 aromatic heterocycles. The van der Waals surface area contributed by atoms with E-state index in [1.807, 2.05) is 0 Å². The molecular formula is CH3Cl2FSi. The van der Waals surface area contributed by atoms with Gasteiger partial charge in [0.25, 0.3) is 7.42 Å². The van der Waals surface area contributed by atoms with Crippen LogP contribution in [0.15, 0.2) is 0 Å². The normalized spacial score (nSPS) is 9.60. The van der Waals surface area contributed by atoms with Crippen LogP contribution in [0, 0.1) is 0 Å². The lowest BCUT2D eigenvalue weighted by molar-refractivity contribution is 0.595. The van der Waals surface area contributed by atoms with Crippen molar-refractivity contribution in [2.45, 2.75) is 0 Å². The summed E-state index contributed by atoms with van der Waals surface area (Å²) in [6, 6.07) is 0. The van der Waals surface area contributed by atoms with Crippen molar-refractivity contribution in [3.8, 4) is 0 Å². The van der Waals surface area contributed by atoms with Crippen LogP contribution in [0.25, 0.3) is 0 Å². The smallest absolute Gasteiger partial charge is 0.252 e. The van der Waals surface area contributed by atoms with Crippen LogP contribution in [0.2, 0.25) is 0 Å². The third kappa shape index (κ3) is 4.73. The molecule has 0 heterocycles. The molecule has 0 fully saturated rings. The molecule has 0 aromatic rings. The number of alkyl halides is 1. The van der Waals surface area contributed by atoms with Crippen molar-refractivity contribution in [3.63, 3.8) is 0 Å². The summed E-state index contributed by atoms with van der Waals surface area (Å²) < 4.78 is 10.9. The third-order valence-corrected chi connectivity index (χ3v) is 1.05. The van der Waals surface area contributed by atoms with Gasteiger partial charge in [-0.05, 0) is 0 Å². The predicted octanol–water partition coefficient (Wildman–Crippen LogP) is 1.19. The maximum atomic E-state index is 10.9. The third-order valence-electron chi connectivity index (χ3n) is 0.117. The Morgan fingerprint density at radius 2 is 1.80 bits per heavy atom. The first kappa shape index (κ1) is 5.73. The van der Waals surface area contributed by atoms with E-state index in [0.29, 0.717) is 0 Å². The van der Waals surface area contributed by atoms with E-state index >= 15 is 0 Å². The van der Waals surface area contributed by atoms with Gasteiger partial charge in [-0.15, -0.1) is 22.2 Å². The highest BCUT2D eigenvalue weighted by Gasteiger charge is 1.95. The van der Waals surface area contributed by atoms with E-state index in [0.717, 1.165) is 0 Å². The lowest BCUT2D eigenvalue weighted by Crippen LogP contribution is -1.92. The van der Waals surface area contributed by atoms with Crippen molar-refractivity contribution in [3.05, 3.63) is 0 Å². The summed E-state index contributed by atoms with van der Waals surface area (Å²) in [4.78, 5) is 0. The van der Waals surface area contributed by atoms with Crippen LogP contribution in [-0.2, 0) is 0 Å². The number of rotatable bonds is 1. The Morgan fingerprint density at radius 3 is 1.80 bits per heavy atom. The molecule has 0 atom stereocenters. The largest absolute Gasteiger partial charge is 0.266 e. The second-order valence-electron chi connectivity index (χ2n) is 0.545. The minimum atomic E-state index is -1.87. The Labute approximate surface area is 40.9 Å². The van der Waals surface area contributed by atoms with Crippen molar-refractivity contribution in [2.24, 2.45) is 0 Å². The monoisotopic (exact) mass is 132 g/mol. The first-order chi connectivity index (χ1) is 2.27. The van der Waals surface area contributed by atoms with Gasteiger partial charge < -0.3 is 0 Å². The summed E-state index contributed by atoms with van der Waals surface area (Å²) in [5, 5.41) is 0. The van der Waals surface area contributed by atoms with Gasteiger partial charge in [-0.1, -0.05) is 0 Å². The van der Waals surface area contributed by atoms with Gasteiger partial charge in [-0.25, -0.2) is 0 Å². The summed E-state index contributed by atoms with van der Waals surface area (Å²) in [5.41, 5.74) is 0. The van der Waals surface area contributed by atoms with Crippen LogP contribution in [0.5, 0.6) is 0 Å². The fourth-order valence-corrected chi connectivity index (χ4v) is 0. The second kappa shape index (κ2) is 2.94. The second-order valence-corrected chi connectivity index (χ2v) is 5.47. The molecule has 0 N–H and O–H groups in total. The van der Waals surface area contributed by atoms with Crippen LogP contribution >= 0.6 is 22.2 Å². The zero-order valence-electron chi connectivity index (χ0n) is 2.42. The number of hydrogen-bond acceptors (Lipinski definition) is 0. The van der Waals surface area contributed by atoms with Crippen molar-refractivity contribution >= 4 is 29.6 Å². The van der Waals surface area contributed by atoms with E-state index in [2.05, 4.69) is 0 Å². The Bertz CT molecular complexity index is 23.6. The molecule has 0 aromatic carbocycles. The molecule has 0 amide bonds. The molecule has 0 unspecified atom stereocenters. The Balaban J connectivity index is 2.54. The van der Waals surface area contributed by atoms with Crippen molar-refractivity contribution < 1.29 is 4.39 Å². The Hall–Kier alpha value is 0.727. The molecule has 0 radical (unpaired) electrons. The molecular weight excluding hydrogens is 130 g/mol. The summed E-state index contributed by atoms with van der Waals surface area (Å²) >= 11 is 9.98. The van der Waals surface area contributed by atoms with Crippen LogP contribution in [0.4, 0.5) is 4.39 Å². The molecule has 32 valence electrons. The van der Waals surface area contributed by atoms with E-state index in [-0.39, 0.29) is 0 Å². The maximum absolute atomic E-state index is 10.9. The molecule has 4 heteroatoms. The summed E-state index contributed by atoms with van der Waals surface area (Å²) in [6.45, 7) is 0. The van der Waals surface area contributed by atoms with E-state index in [1.54, 1.807) is 0 Å². The van der Waals surface area contributed by atoms with Gasteiger partial charge in [0, 0.05) is 0 Å². The molecule has 0 saturated carbocycles. The molecule has 0 rings (SSSR count). The first-order valence-corrected chi connectivity index (χ1v) is 5.42. The van der Waals surface area contributed by atoms with Crippen molar-refractivity contribution in [1.82, 2.24) is 0 Å².